The van der Waals surface area contributed by atoms with Gasteiger partial charge >= 0.3 is 0 Å². The summed E-state index contributed by atoms with van der Waals surface area (Å²) in [6.07, 6.45) is -0.516. The highest BCUT2D eigenvalue weighted by Gasteiger charge is 2.20. The fourth-order valence-electron chi connectivity index (χ4n) is 1.85. The molecule has 20 heavy (non-hydrogen) atoms. The molecule has 5 nitrogen and oxygen atoms in total. The quantitative estimate of drug-likeness (QED) is 0.910. The minimum absolute atomic E-state index is 0.213. The second kappa shape index (κ2) is 6.34. The zero-order valence-corrected chi connectivity index (χ0v) is 11.8. The van der Waals surface area contributed by atoms with Gasteiger partial charge in [-0.15, -0.1) is 0 Å². The lowest BCUT2D eigenvalue weighted by Gasteiger charge is -2.12. The Morgan fingerprint density at radius 2 is 2.10 bits per heavy atom. The Hall–Kier alpha value is -2.14. The van der Waals surface area contributed by atoms with Crippen molar-refractivity contribution in [3.8, 4) is 11.3 Å². The fraction of sp³-hybridized carbons (Fsp3) is 0.333. The zero-order chi connectivity index (χ0) is 14.5. The Labute approximate surface area is 117 Å². The summed E-state index contributed by atoms with van der Waals surface area (Å²) in [5.74, 6) is 0.343. The van der Waals surface area contributed by atoms with Crippen LogP contribution in [0.25, 0.3) is 11.3 Å². The minimum atomic E-state index is -0.516. The van der Waals surface area contributed by atoms with E-state index in [1.54, 1.807) is 13.8 Å². The fourth-order valence-corrected chi connectivity index (χ4v) is 1.85. The van der Waals surface area contributed by atoms with Gasteiger partial charge in [0.05, 0.1) is 0 Å². The Kier molecular flexibility index (Phi) is 4.53. The first kappa shape index (κ1) is 14.3. The van der Waals surface area contributed by atoms with E-state index in [0.29, 0.717) is 23.7 Å². The summed E-state index contributed by atoms with van der Waals surface area (Å²) in [7, 11) is 0. The first-order valence-electron chi connectivity index (χ1n) is 6.57. The van der Waals surface area contributed by atoms with E-state index >= 15 is 0 Å². The number of anilines is 1. The number of benzene rings is 1. The number of aromatic nitrogens is 1. The molecule has 0 saturated heterocycles. The molecule has 1 atom stereocenters. The zero-order valence-electron chi connectivity index (χ0n) is 11.8. The molecule has 0 fully saturated rings. The smallest absolute Gasteiger partial charge is 0.253 e. The van der Waals surface area contributed by atoms with Crippen molar-refractivity contribution in [2.45, 2.75) is 26.9 Å². The molecule has 0 aliphatic carbocycles. The molecular formula is C15H18N2O3. The van der Waals surface area contributed by atoms with Gasteiger partial charge in [0, 0.05) is 12.2 Å². The monoisotopic (exact) mass is 274 g/mol. The molecule has 106 valence electrons. The lowest BCUT2D eigenvalue weighted by atomic mass is 10.1. The molecule has 0 unspecified atom stereocenters. The minimum Gasteiger partial charge on any atom is -0.369 e. The van der Waals surface area contributed by atoms with Crippen LogP contribution in [-0.2, 0) is 9.53 Å². The third-order valence-electron chi connectivity index (χ3n) is 2.93. The van der Waals surface area contributed by atoms with E-state index in [1.807, 2.05) is 37.3 Å². The second-order valence-corrected chi connectivity index (χ2v) is 4.42. The van der Waals surface area contributed by atoms with E-state index in [1.165, 1.54) is 0 Å². The highest BCUT2D eigenvalue weighted by Crippen LogP contribution is 2.30. The van der Waals surface area contributed by atoms with Gasteiger partial charge in [-0.25, -0.2) is 0 Å². The van der Waals surface area contributed by atoms with Crippen LogP contribution >= 0.6 is 0 Å². The van der Waals surface area contributed by atoms with Crippen LogP contribution in [0.15, 0.2) is 34.9 Å². The third-order valence-corrected chi connectivity index (χ3v) is 2.93. The summed E-state index contributed by atoms with van der Waals surface area (Å²) in [4.78, 5) is 12.0. The van der Waals surface area contributed by atoms with Gasteiger partial charge in [0.25, 0.3) is 5.91 Å². The van der Waals surface area contributed by atoms with Crippen LogP contribution in [0.1, 0.15) is 19.5 Å². The number of amides is 1. The highest BCUT2D eigenvalue weighted by molar-refractivity contribution is 5.97. The first-order valence-corrected chi connectivity index (χ1v) is 6.57. The maximum absolute atomic E-state index is 12.0. The standard InChI is InChI=1S/C15H18N2O3/c1-4-19-11(3)15(18)16-13-10(2)17-20-14(13)12-8-6-5-7-9-12/h5-9,11H,4H2,1-3H3,(H,16,18)/t11-/m0/s1. The van der Waals surface area contributed by atoms with E-state index in [-0.39, 0.29) is 5.91 Å². The molecule has 0 spiro atoms. The Morgan fingerprint density at radius 3 is 2.75 bits per heavy atom. The van der Waals surface area contributed by atoms with Crippen molar-refractivity contribution in [2.24, 2.45) is 0 Å². The lowest BCUT2D eigenvalue weighted by molar-refractivity contribution is -0.126. The van der Waals surface area contributed by atoms with Gasteiger partial charge in [-0.1, -0.05) is 35.5 Å². The van der Waals surface area contributed by atoms with Crippen molar-refractivity contribution in [3.63, 3.8) is 0 Å². The summed E-state index contributed by atoms with van der Waals surface area (Å²) in [5.41, 5.74) is 2.10. The van der Waals surface area contributed by atoms with Gasteiger partial charge in [0.1, 0.15) is 17.5 Å². The van der Waals surface area contributed by atoms with E-state index < -0.39 is 6.10 Å². The molecule has 5 heteroatoms. The van der Waals surface area contributed by atoms with Crippen LogP contribution in [-0.4, -0.2) is 23.8 Å². The molecule has 0 aliphatic rings. The van der Waals surface area contributed by atoms with Crippen LogP contribution in [0, 0.1) is 6.92 Å². The van der Waals surface area contributed by atoms with Crippen molar-refractivity contribution >= 4 is 11.6 Å². The van der Waals surface area contributed by atoms with Crippen molar-refractivity contribution in [1.82, 2.24) is 5.16 Å². The van der Waals surface area contributed by atoms with E-state index in [9.17, 15) is 4.79 Å². The van der Waals surface area contributed by atoms with Crippen LogP contribution in [0.3, 0.4) is 0 Å². The second-order valence-electron chi connectivity index (χ2n) is 4.42. The van der Waals surface area contributed by atoms with Gasteiger partial charge < -0.3 is 14.6 Å². The summed E-state index contributed by atoms with van der Waals surface area (Å²) < 4.78 is 10.6. The van der Waals surface area contributed by atoms with Crippen molar-refractivity contribution in [3.05, 3.63) is 36.0 Å². The van der Waals surface area contributed by atoms with Crippen LogP contribution in [0.5, 0.6) is 0 Å². The molecule has 1 heterocycles. The van der Waals surface area contributed by atoms with Gasteiger partial charge in [0.15, 0.2) is 5.76 Å². The van der Waals surface area contributed by atoms with Gasteiger partial charge in [-0.05, 0) is 20.8 Å². The van der Waals surface area contributed by atoms with E-state index in [2.05, 4.69) is 10.5 Å². The third kappa shape index (κ3) is 3.05. The summed E-state index contributed by atoms with van der Waals surface area (Å²) in [6.45, 7) is 5.84. The number of carbonyl (C=O) groups is 1. The lowest BCUT2D eigenvalue weighted by Crippen LogP contribution is -2.28. The summed E-state index contributed by atoms with van der Waals surface area (Å²) in [5, 5.41) is 6.74. The molecule has 1 aromatic heterocycles. The molecule has 0 bridgehead atoms. The normalized spacial score (nSPS) is 12.2. The number of rotatable bonds is 5. The number of aryl methyl sites for hydroxylation is 1. The Bertz CT molecular complexity index is 578. The van der Waals surface area contributed by atoms with E-state index in [4.69, 9.17) is 9.26 Å². The van der Waals surface area contributed by atoms with Gasteiger partial charge in [-0.3, -0.25) is 4.79 Å². The first-order chi connectivity index (χ1) is 9.63. The molecular weight excluding hydrogens is 256 g/mol. The van der Waals surface area contributed by atoms with Crippen LogP contribution < -0.4 is 5.32 Å². The van der Waals surface area contributed by atoms with Crippen LogP contribution in [0.2, 0.25) is 0 Å². The molecule has 0 radical (unpaired) electrons. The molecule has 2 aromatic rings. The van der Waals surface area contributed by atoms with Gasteiger partial charge in [-0.2, -0.15) is 0 Å². The molecule has 1 amide bonds. The number of carbonyl (C=O) groups excluding carboxylic acids is 1. The molecule has 0 saturated carbocycles. The van der Waals surface area contributed by atoms with Crippen molar-refractivity contribution < 1.29 is 14.1 Å². The maximum Gasteiger partial charge on any atom is 0.253 e. The average molecular weight is 274 g/mol. The topological polar surface area (TPSA) is 64.4 Å². The molecule has 2 rings (SSSR count). The SMILES string of the molecule is CCO[C@@H](C)C(=O)Nc1c(C)noc1-c1ccccc1. The molecule has 0 aliphatic heterocycles. The van der Waals surface area contributed by atoms with E-state index in [0.717, 1.165) is 5.56 Å². The summed E-state index contributed by atoms with van der Waals surface area (Å²) >= 11 is 0. The summed E-state index contributed by atoms with van der Waals surface area (Å²) in [6, 6.07) is 9.54. The number of hydrogen-bond acceptors (Lipinski definition) is 4. The van der Waals surface area contributed by atoms with Crippen LogP contribution in [0.4, 0.5) is 5.69 Å². The highest BCUT2D eigenvalue weighted by atomic mass is 16.5. The predicted octanol–water partition coefficient (Wildman–Crippen LogP) is 3.01. The number of hydrogen-bond donors (Lipinski definition) is 1. The molecule has 1 N–H and O–H groups in total. The Morgan fingerprint density at radius 1 is 1.40 bits per heavy atom. The number of nitrogens with one attached hydrogen (secondary N) is 1. The predicted molar refractivity (Wildman–Crippen MR) is 76.4 cm³/mol. The van der Waals surface area contributed by atoms with Crippen molar-refractivity contribution in [2.75, 3.05) is 11.9 Å². The number of nitrogens with zero attached hydrogens (tertiary/aromatic N) is 1. The molecule has 1 aromatic carbocycles. The van der Waals surface area contributed by atoms with Gasteiger partial charge in [0.2, 0.25) is 0 Å². The largest absolute Gasteiger partial charge is 0.369 e. The van der Waals surface area contributed by atoms with Crippen molar-refractivity contribution in [1.29, 1.82) is 0 Å². The average Bonchev–Trinajstić information content (AvgIpc) is 2.81. The number of ether oxygens (including phenoxy) is 1. The maximum atomic E-state index is 12.0. The Balaban J connectivity index is 2.24.